The second-order valence-corrected chi connectivity index (χ2v) is 18.8. The lowest BCUT2D eigenvalue weighted by Crippen LogP contribution is -2.35. The van der Waals surface area contributed by atoms with Crippen molar-refractivity contribution in [3.8, 4) is 0 Å². The summed E-state index contributed by atoms with van der Waals surface area (Å²) in [7, 11) is -3.02. The first kappa shape index (κ1) is 33.6. The molecule has 50 heavy (non-hydrogen) atoms. The van der Waals surface area contributed by atoms with Gasteiger partial charge in [-0.1, -0.05) is 146 Å². The molecule has 0 amide bonds. The maximum absolute atomic E-state index is 5.94. The third-order valence-corrected chi connectivity index (χ3v) is 17.4. The second-order valence-electron chi connectivity index (χ2n) is 12.9. The third-order valence-electron chi connectivity index (χ3n) is 9.92. The molecule has 0 aliphatic carbocycles. The van der Waals surface area contributed by atoms with E-state index in [0.717, 1.165) is 11.4 Å². The molecule has 5 heteroatoms. The van der Waals surface area contributed by atoms with Crippen LogP contribution in [0.5, 0.6) is 0 Å². The van der Waals surface area contributed by atoms with Crippen molar-refractivity contribution in [1.29, 1.82) is 0 Å². The highest BCUT2D eigenvalue weighted by Gasteiger charge is 2.36. The number of benzene rings is 6. The predicted octanol–water partition coefficient (Wildman–Crippen LogP) is 9.88. The molecule has 0 atom stereocenters. The smallest absolute Gasteiger partial charge is 0.0769 e. The monoisotopic (exact) mass is 687 g/mol. The number of hydrogen-bond donors (Lipinski definition) is 0. The minimum Gasteiger partial charge on any atom is -0.341 e. The average Bonchev–Trinajstić information content (AvgIpc) is 3.56. The van der Waals surface area contributed by atoms with Gasteiger partial charge in [0.1, 0.15) is 0 Å². The molecule has 0 unspecified atom stereocenters. The molecule has 0 saturated heterocycles. The van der Waals surface area contributed by atoms with Crippen molar-refractivity contribution < 1.29 is 0 Å². The van der Waals surface area contributed by atoms with Gasteiger partial charge >= 0.3 is 0 Å². The molecule has 248 valence electrons. The molecule has 0 fully saturated rings. The lowest BCUT2D eigenvalue weighted by atomic mass is 10.1. The van der Waals surface area contributed by atoms with Gasteiger partial charge in [0.15, 0.2) is 0 Å². The molecule has 0 spiro atoms. The molecule has 6 aromatic carbocycles. The molecule has 7 aromatic rings. The van der Waals surface area contributed by atoms with E-state index in [9.17, 15) is 0 Å². The van der Waals surface area contributed by atoms with E-state index >= 15 is 0 Å². The molecule has 0 aliphatic rings. The lowest BCUT2D eigenvalue weighted by Gasteiger charge is -2.31. The normalized spacial score (nSPS) is 11.7. The number of aryl methyl sites for hydroxylation is 2. The molecular weight excluding hydrogens is 644 g/mol. The highest BCUT2D eigenvalue weighted by atomic mass is 31.2. The Morgan fingerprint density at radius 2 is 0.660 bits per heavy atom. The predicted molar refractivity (Wildman–Crippen MR) is 219 cm³/mol. The van der Waals surface area contributed by atoms with Gasteiger partial charge in [-0.2, -0.15) is 0 Å². The summed E-state index contributed by atoms with van der Waals surface area (Å²) in [5.74, 6) is 0. The topological polar surface area (TPSA) is 29.6 Å². The van der Waals surface area contributed by atoms with Gasteiger partial charge in [-0.05, 0) is 74.2 Å². The summed E-state index contributed by atoms with van der Waals surface area (Å²) in [6, 6.07) is 61.3. The Bertz CT molecular complexity index is 2120. The number of hydrogen-bond acceptors (Lipinski definition) is 2. The standard InChI is InChI=1S/C45H43N3P2/c1-34-20-18-30-42(36(34)3)46-49(38-22-10-6-11-23-38,39-24-12-7-13-25-39)44-32-33-45(48(44)5)50(40-26-14-8-15-27-40,41-28-16-9-17-29-41)47-43-31-19-21-35(2)37(43)4/h6-33H,1-5H3. The molecule has 0 radical (unpaired) electrons. The molecule has 0 aliphatic heterocycles. The summed E-state index contributed by atoms with van der Waals surface area (Å²) in [5, 5.41) is 4.87. The van der Waals surface area contributed by atoms with Crippen LogP contribution in [0.1, 0.15) is 22.3 Å². The Kier molecular flexibility index (Phi) is 9.48. The minimum absolute atomic E-state index is 1.03. The van der Waals surface area contributed by atoms with Gasteiger partial charge in [0, 0.05) is 28.3 Å². The highest BCUT2D eigenvalue weighted by Crippen LogP contribution is 2.53. The first-order valence-electron chi connectivity index (χ1n) is 17.1. The van der Waals surface area contributed by atoms with Gasteiger partial charge in [-0.25, -0.2) is 0 Å². The van der Waals surface area contributed by atoms with E-state index in [4.69, 9.17) is 9.49 Å². The van der Waals surface area contributed by atoms with Crippen LogP contribution in [0.25, 0.3) is 0 Å². The van der Waals surface area contributed by atoms with Crippen LogP contribution in [-0.4, -0.2) is 4.57 Å². The van der Waals surface area contributed by atoms with Crippen molar-refractivity contribution in [2.45, 2.75) is 27.7 Å². The molecule has 1 aromatic heterocycles. The van der Waals surface area contributed by atoms with Gasteiger partial charge < -0.3 is 4.57 Å². The average molecular weight is 688 g/mol. The first-order chi connectivity index (χ1) is 24.4. The van der Waals surface area contributed by atoms with Crippen molar-refractivity contribution in [2.75, 3.05) is 0 Å². The second kappa shape index (κ2) is 14.1. The number of rotatable bonds is 8. The molecular formula is C45H43N3P2. The molecule has 1 heterocycles. The number of nitrogens with zero attached hydrogens (tertiary/aromatic N) is 3. The maximum Gasteiger partial charge on any atom is 0.0769 e. The quantitative estimate of drug-likeness (QED) is 0.143. The Labute approximate surface area is 297 Å². The first-order valence-corrected chi connectivity index (χ1v) is 20.6. The van der Waals surface area contributed by atoms with Crippen LogP contribution in [0, 0.1) is 27.7 Å². The van der Waals surface area contributed by atoms with E-state index in [2.05, 4.69) is 209 Å². The minimum atomic E-state index is -2.63. The van der Waals surface area contributed by atoms with E-state index in [1.807, 2.05) is 0 Å². The van der Waals surface area contributed by atoms with E-state index < -0.39 is 14.1 Å². The summed E-state index contributed by atoms with van der Waals surface area (Å²) < 4.78 is 14.3. The van der Waals surface area contributed by atoms with Gasteiger partial charge in [0.25, 0.3) is 0 Å². The van der Waals surface area contributed by atoms with Crippen molar-refractivity contribution in [3.63, 3.8) is 0 Å². The van der Waals surface area contributed by atoms with Gasteiger partial charge in [-0.15, -0.1) is 0 Å². The molecule has 0 saturated carbocycles. The fraction of sp³-hybridized carbons (Fsp3) is 0.111. The Morgan fingerprint density at radius 1 is 0.360 bits per heavy atom. The van der Waals surface area contributed by atoms with E-state index in [-0.39, 0.29) is 0 Å². The van der Waals surface area contributed by atoms with Crippen LogP contribution in [-0.2, 0) is 7.05 Å². The van der Waals surface area contributed by atoms with Crippen LogP contribution < -0.4 is 32.1 Å². The zero-order chi connectivity index (χ0) is 34.7. The zero-order valence-electron chi connectivity index (χ0n) is 29.4. The lowest BCUT2D eigenvalue weighted by molar-refractivity contribution is 0.991. The zero-order valence-corrected chi connectivity index (χ0v) is 31.2. The summed E-state index contributed by atoms with van der Waals surface area (Å²) in [4.78, 5) is 0. The van der Waals surface area contributed by atoms with Gasteiger partial charge in [0.2, 0.25) is 0 Å². The summed E-state index contributed by atoms with van der Waals surface area (Å²) in [6.07, 6.45) is 0. The molecule has 7 rings (SSSR count). The summed E-state index contributed by atoms with van der Waals surface area (Å²) in [6.45, 7) is 8.74. The van der Waals surface area contributed by atoms with E-state index in [0.29, 0.717) is 0 Å². The van der Waals surface area contributed by atoms with Crippen molar-refractivity contribution in [3.05, 3.63) is 192 Å². The fourth-order valence-corrected chi connectivity index (χ4v) is 14.4. The highest BCUT2D eigenvalue weighted by molar-refractivity contribution is 7.88. The molecule has 0 N–H and O–H groups in total. The Hall–Kier alpha value is -4.94. The molecule has 3 nitrogen and oxygen atoms in total. The molecule has 0 bridgehead atoms. The Morgan fingerprint density at radius 3 is 0.960 bits per heavy atom. The van der Waals surface area contributed by atoms with Crippen molar-refractivity contribution in [1.82, 2.24) is 4.57 Å². The van der Waals surface area contributed by atoms with Gasteiger partial charge in [0.05, 0.1) is 36.4 Å². The SMILES string of the molecule is Cc1cccc(N=P(c2ccccc2)(c2ccccc2)c2ccc(P(=Nc3cccc(C)c3C)(c3ccccc3)c3ccccc3)n2C)c1C. The Balaban J connectivity index is 1.66. The summed E-state index contributed by atoms with van der Waals surface area (Å²) in [5.41, 5.74) is 9.34. The van der Waals surface area contributed by atoms with Crippen LogP contribution in [0.2, 0.25) is 0 Å². The van der Waals surface area contributed by atoms with Crippen LogP contribution >= 0.6 is 14.1 Å². The largest absolute Gasteiger partial charge is 0.341 e. The van der Waals surface area contributed by atoms with Gasteiger partial charge in [-0.3, -0.25) is 9.49 Å². The van der Waals surface area contributed by atoms with Crippen LogP contribution in [0.15, 0.2) is 179 Å². The van der Waals surface area contributed by atoms with Crippen molar-refractivity contribution in [2.24, 2.45) is 16.5 Å². The van der Waals surface area contributed by atoms with Crippen LogP contribution in [0.3, 0.4) is 0 Å². The van der Waals surface area contributed by atoms with E-state index in [1.165, 1.54) is 54.3 Å². The summed E-state index contributed by atoms with van der Waals surface area (Å²) >= 11 is 0. The third kappa shape index (κ3) is 5.86. The maximum atomic E-state index is 5.94. The fourth-order valence-electron chi connectivity index (χ4n) is 6.89. The number of aromatic nitrogens is 1. The van der Waals surface area contributed by atoms with Crippen molar-refractivity contribution >= 4 is 57.6 Å². The van der Waals surface area contributed by atoms with E-state index in [1.54, 1.807) is 0 Å². The van der Waals surface area contributed by atoms with Crippen LogP contribution in [0.4, 0.5) is 11.4 Å².